The number of aryl methyl sites for hydroxylation is 2. The van der Waals surface area contributed by atoms with Crippen LogP contribution < -0.4 is 5.73 Å². The Morgan fingerprint density at radius 3 is 2.55 bits per heavy atom. The highest BCUT2D eigenvalue weighted by molar-refractivity contribution is 5.96. The van der Waals surface area contributed by atoms with Crippen molar-refractivity contribution in [1.82, 2.24) is 14.7 Å². The zero-order valence-corrected chi connectivity index (χ0v) is 13.5. The number of halogens is 1. The van der Waals surface area contributed by atoms with Crippen LogP contribution in [-0.2, 0) is 6.54 Å². The molecule has 1 fully saturated rings. The highest BCUT2D eigenvalue weighted by Gasteiger charge is 2.34. The van der Waals surface area contributed by atoms with Crippen LogP contribution >= 0.6 is 12.4 Å². The van der Waals surface area contributed by atoms with Crippen LogP contribution in [0.3, 0.4) is 0 Å². The van der Waals surface area contributed by atoms with E-state index in [0.717, 1.165) is 36.5 Å². The summed E-state index contributed by atoms with van der Waals surface area (Å²) < 4.78 is 1.89. The highest BCUT2D eigenvalue weighted by Crippen LogP contribution is 2.26. The van der Waals surface area contributed by atoms with Gasteiger partial charge in [-0.05, 0) is 46.6 Å². The van der Waals surface area contributed by atoms with Gasteiger partial charge in [0.15, 0.2) is 0 Å². The van der Waals surface area contributed by atoms with Crippen LogP contribution in [0, 0.1) is 19.8 Å². The molecular weight excluding hydrogens is 276 g/mol. The normalized spacial score (nSPS) is 21.9. The lowest BCUT2D eigenvalue weighted by atomic mass is 10.1. The molecule has 114 valence electrons. The second kappa shape index (κ2) is 6.59. The molecule has 1 aliphatic rings. The van der Waals surface area contributed by atoms with Gasteiger partial charge in [0.2, 0.25) is 0 Å². The third-order valence-corrected chi connectivity index (χ3v) is 4.15. The number of likely N-dealkylation sites (tertiary alicyclic amines) is 1. The molecule has 0 aromatic carbocycles. The van der Waals surface area contributed by atoms with E-state index in [-0.39, 0.29) is 24.4 Å². The Kier molecular flexibility index (Phi) is 5.59. The van der Waals surface area contributed by atoms with Crippen molar-refractivity contribution in [3.8, 4) is 0 Å². The first-order chi connectivity index (χ1) is 8.99. The van der Waals surface area contributed by atoms with E-state index in [1.807, 2.05) is 30.4 Å². The lowest BCUT2D eigenvalue weighted by Gasteiger charge is -2.21. The van der Waals surface area contributed by atoms with E-state index in [2.05, 4.69) is 12.0 Å². The SMILES string of the molecule is CCn1nc(C)c(C(=O)N2CC(CN)CC2C)c1C.Cl. The van der Waals surface area contributed by atoms with Crippen molar-refractivity contribution in [3.05, 3.63) is 17.0 Å². The predicted octanol–water partition coefficient (Wildman–Crippen LogP) is 1.75. The molecule has 2 heterocycles. The maximum Gasteiger partial charge on any atom is 0.257 e. The lowest BCUT2D eigenvalue weighted by Crippen LogP contribution is -2.35. The van der Waals surface area contributed by atoms with Crippen LogP contribution in [0.2, 0.25) is 0 Å². The first-order valence-electron chi connectivity index (χ1n) is 7.04. The minimum atomic E-state index is 0. The third-order valence-electron chi connectivity index (χ3n) is 4.15. The van der Waals surface area contributed by atoms with Crippen molar-refractivity contribution in [2.75, 3.05) is 13.1 Å². The first-order valence-corrected chi connectivity index (χ1v) is 7.04. The largest absolute Gasteiger partial charge is 0.335 e. The Morgan fingerprint density at radius 2 is 2.10 bits per heavy atom. The molecule has 1 saturated heterocycles. The van der Waals surface area contributed by atoms with Gasteiger partial charge in [0, 0.05) is 24.8 Å². The van der Waals surface area contributed by atoms with Gasteiger partial charge in [-0.25, -0.2) is 0 Å². The van der Waals surface area contributed by atoms with Gasteiger partial charge in [-0.3, -0.25) is 9.48 Å². The maximum atomic E-state index is 12.7. The van der Waals surface area contributed by atoms with Crippen molar-refractivity contribution >= 4 is 18.3 Å². The van der Waals surface area contributed by atoms with Crippen LogP contribution in [0.25, 0.3) is 0 Å². The van der Waals surface area contributed by atoms with E-state index in [0.29, 0.717) is 12.5 Å². The summed E-state index contributed by atoms with van der Waals surface area (Å²) in [6.45, 7) is 10.2. The zero-order chi connectivity index (χ0) is 14.2. The Bertz CT molecular complexity index is 486. The molecular formula is C14H25ClN4O. The molecule has 0 radical (unpaired) electrons. The van der Waals surface area contributed by atoms with E-state index in [1.54, 1.807) is 0 Å². The van der Waals surface area contributed by atoms with Crippen LogP contribution in [-0.4, -0.2) is 39.7 Å². The molecule has 2 unspecified atom stereocenters. The summed E-state index contributed by atoms with van der Waals surface area (Å²) in [5.74, 6) is 0.541. The molecule has 20 heavy (non-hydrogen) atoms. The molecule has 1 aromatic rings. The van der Waals surface area contributed by atoms with Crippen molar-refractivity contribution in [2.24, 2.45) is 11.7 Å². The molecule has 0 bridgehead atoms. The monoisotopic (exact) mass is 300 g/mol. The molecule has 0 aliphatic carbocycles. The summed E-state index contributed by atoms with van der Waals surface area (Å²) in [5, 5.41) is 4.43. The predicted molar refractivity (Wildman–Crippen MR) is 82.3 cm³/mol. The standard InChI is InChI=1S/C14H24N4O.ClH/c1-5-18-11(4)13(10(3)16-18)14(19)17-8-12(7-15)6-9(17)2;/h9,12H,5-8,15H2,1-4H3;1H. The molecule has 2 atom stereocenters. The smallest absolute Gasteiger partial charge is 0.257 e. The van der Waals surface area contributed by atoms with Gasteiger partial charge >= 0.3 is 0 Å². The maximum absolute atomic E-state index is 12.7. The van der Waals surface area contributed by atoms with E-state index in [1.165, 1.54) is 0 Å². The van der Waals surface area contributed by atoms with Crippen LogP contribution in [0.15, 0.2) is 0 Å². The summed E-state index contributed by atoms with van der Waals surface area (Å²) in [6.07, 6.45) is 1.00. The van der Waals surface area contributed by atoms with Gasteiger partial charge in [-0.15, -0.1) is 12.4 Å². The molecule has 5 nitrogen and oxygen atoms in total. The van der Waals surface area contributed by atoms with E-state index >= 15 is 0 Å². The van der Waals surface area contributed by atoms with Gasteiger partial charge in [0.1, 0.15) is 0 Å². The van der Waals surface area contributed by atoms with Crippen LogP contribution in [0.5, 0.6) is 0 Å². The van der Waals surface area contributed by atoms with Gasteiger partial charge < -0.3 is 10.6 Å². The minimum Gasteiger partial charge on any atom is -0.335 e. The number of nitrogens with two attached hydrogens (primary N) is 1. The first kappa shape index (κ1) is 17.0. The summed E-state index contributed by atoms with van der Waals surface area (Å²) >= 11 is 0. The van der Waals surface area contributed by atoms with Crippen LogP contribution in [0.1, 0.15) is 42.0 Å². The summed E-state index contributed by atoms with van der Waals surface area (Å²) in [7, 11) is 0. The zero-order valence-electron chi connectivity index (χ0n) is 12.7. The van der Waals surface area contributed by atoms with Crippen LogP contribution in [0.4, 0.5) is 0 Å². The second-order valence-electron chi connectivity index (χ2n) is 5.51. The second-order valence-corrected chi connectivity index (χ2v) is 5.51. The fraction of sp³-hybridized carbons (Fsp3) is 0.714. The fourth-order valence-corrected chi connectivity index (χ4v) is 3.05. The van der Waals surface area contributed by atoms with Crippen molar-refractivity contribution in [3.63, 3.8) is 0 Å². The Hall–Kier alpha value is -1.07. The molecule has 1 aliphatic heterocycles. The van der Waals surface area contributed by atoms with E-state index in [9.17, 15) is 4.79 Å². The van der Waals surface area contributed by atoms with Gasteiger partial charge in [0.25, 0.3) is 5.91 Å². The van der Waals surface area contributed by atoms with Gasteiger partial charge in [0.05, 0.1) is 11.3 Å². The summed E-state index contributed by atoms with van der Waals surface area (Å²) in [6, 6.07) is 0.268. The summed E-state index contributed by atoms with van der Waals surface area (Å²) in [5.41, 5.74) is 8.29. The Morgan fingerprint density at radius 1 is 1.45 bits per heavy atom. The molecule has 1 amide bonds. The summed E-state index contributed by atoms with van der Waals surface area (Å²) in [4.78, 5) is 14.7. The van der Waals surface area contributed by atoms with Crippen molar-refractivity contribution in [2.45, 2.75) is 46.7 Å². The number of nitrogens with zero attached hydrogens (tertiary/aromatic N) is 3. The number of rotatable bonds is 3. The lowest BCUT2D eigenvalue weighted by molar-refractivity contribution is 0.0742. The Labute approximate surface area is 126 Å². The molecule has 0 saturated carbocycles. The average molecular weight is 301 g/mol. The number of amides is 1. The fourth-order valence-electron chi connectivity index (χ4n) is 3.05. The number of carbonyl (C=O) groups excluding carboxylic acids is 1. The molecule has 1 aromatic heterocycles. The quantitative estimate of drug-likeness (QED) is 0.925. The number of carbonyl (C=O) groups is 1. The topological polar surface area (TPSA) is 64.2 Å². The van der Waals surface area contributed by atoms with Crippen molar-refractivity contribution < 1.29 is 4.79 Å². The number of hydrogen-bond acceptors (Lipinski definition) is 3. The average Bonchev–Trinajstić information content (AvgIpc) is 2.89. The highest BCUT2D eigenvalue weighted by atomic mass is 35.5. The molecule has 0 spiro atoms. The van der Waals surface area contributed by atoms with Gasteiger partial charge in [-0.1, -0.05) is 0 Å². The minimum absolute atomic E-state index is 0. The van der Waals surface area contributed by atoms with E-state index in [4.69, 9.17) is 5.73 Å². The molecule has 2 N–H and O–H groups in total. The van der Waals surface area contributed by atoms with Gasteiger partial charge in [-0.2, -0.15) is 5.10 Å². The van der Waals surface area contributed by atoms with E-state index < -0.39 is 0 Å². The molecule has 2 rings (SSSR count). The third kappa shape index (κ3) is 2.83. The molecule has 6 heteroatoms. The number of aromatic nitrogens is 2. The van der Waals surface area contributed by atoms with Crippen molar-refractivity contribution in [1.29, 1.82) is 0 Å². The number of hydrogen-bond donors (Lipinski definition) is 1. The Balaban J connectivity index is 0.00000200.